The van der Waals surface area contributed by atoms with E-state index in [0.29, 0.717) is 13.0 Å². The molecule has 0 aliphatic heterocycles. The number of hydrogen-bond acceptors (Lipinski definition) is 3. The van der Waals surface area contributed by atoms with Crippen LogP contribution in [0, 0.1) is 6.92 Å². The monoisotopic (exact) mass is 265 g/mol. The number of carbonyl (C=O) groups is 1. The van der Waals surface area contributed by atoms with Crippen LogP contribution < -0.4 is 0 Å². The molecule has 0 aliphatic carbocycles. The molecule has 1 rings (SSSR count). The van der Waals surface area contributed by atoms with Crippen LogP contribution in [0.4, 0.5) is 0 Å². The van der Waals surface area contributed by atoms with Gasteiger partial charge in [-0.25, -0.2) is 0 Å². The lowest BCUT2D eigenvalue weighted by atomic mass is 10.1. The van der Waals surface area contributed by atoms with Crippen molar-refractivity contribution in [2.24, 2.45) is 0 Å². The summed E-state index contributed by atoms with van der Waals surface area (Å²) in [5.74, 6) is -0.860. The van der Waals surface area contributed by atoms with Gasteiger partial charge in [-0.15, -0.1) is 0 Å². The highest BCUT2D eigenvalue weighted by atomic mass is 16.4. The summed E-state index contributed by atoms with van der Waals surface area (Å²) in [5.41, 5.74) is 2.59. The fourth-order valence-corrected chi connectivity index (χ4v) is 2.03. The number of aliphatic hydroxyl groups excluding tert-OH is 1. The molecular weight excluding hydrogens is 242 g/mol. The van der Waals surface area contributed by atoms with Crippen molar-refractivity contribution in [2.45, 2.75) is 32.3 Å². The van der Waals surface area contributed by atoms with Gasteiger partial charge < -0.3 is 15.1 Å². The summed E-state index contributed by atoms with van der Waals surface area (Å²) in [4.78, 5) is 12.5. The van der Waals surface area contributed by atoms with Gasteiger partial charge in [0, 0.05) is 19.5 Å². The SMILES string of the molecule is Cc1ccccc1CCN(C)CC(O)CCC(=O)O. The summed E-state index contributed by atoms with van der Waals surface area (Å²) in [5, 5.41) is 18.3. The highest BCUT2D eigenvalue weighted by molar-refractivity contribution is 5.66. The van der Waals surface area contributed by atoms with E-state index in [1.165, 1.54) is 11.1 Å². The molecule has 106 valence electrons. The number of aliphatic hydroxyl groups is 1. The lowest BCUT2D eigenvalue weighted by Gasteiger charge is -2.20. The fourth-order valence-electron chi connectivity index (χ4n) is 2.03. The fraction of sp³-hybridized carbons (Fsp3) is 0.533. The maximum absolute atomic E-state index is 10.4. The van der Waals surface area contributed by atoms with Gasteiger partial charge in [0.25, 0.3) is 0 Å². The van der Waals surface area contributed by atoms with Crippen molar-refractivity contribution >= 4 is 5.97 Å². The van der Waals surface area contributed by atoms with Gasteiger partial charge in [0.15, 0.2) is 0 Å². The largest absolute Gasteiger partial charge is 0.481 e. The van der Waals surface area contributed by atoms with Crippen molar-refractivity contribution in [3.05, 3.63) is 35.4 Å². The second kappa shape index (κ2) is 7.92. The summed E-state index contributed by atoms with van der Waals surface area (Å²) in [7, 11) is 1.95. The molecule has 4 heteroatoms. The average molecular weight is 265 g/mol. The third-order valence-electron chi connectivity index (χ3n) is 3.24. The van der Waals surface area contributed by atoms with E-state index in [4.69, 9.17) is 5.11 Å². The lowest BCUT2D eigenvalue weighted by Crippen LogP contribution is -2.31. The van der Waals surface area contributed by atoms with Crippen LogP contribution in [-0.4, -0.2) is 47.3 Å². The molecule has 0 aromatic heterocycles. The molecule has 4 nitrogen and oxygen atoms in total. The number of nitrogens with zero attached hydrogens (tertiary/aromatic N) is 1. The zero-order valence-corrected chi connectivity index (χ0v) is 11.7. The molecule has 0 radical (unpaired) electrons. The number of rotatable bonds is 8. The van der Waals surface area contributed by atoms with E-state index in [1.54, 1.807) is 0 Å². The number of aryl methyl sites for hydroxylation is 1. The second-order valence-corrected chi connectivity index (χ2v) is 5.02. The number of benzene rings is 1. The molecule has 2 N–H and O–H groups in total. The van der Waals surface area contributed by atoms with Gasteiger partial charge in [-0.1, -0.05) is 24.3 Å². The summed E-state index contributed by atoms with van der Waals surface area (Å²) in [6.45, 7) is 3.46. The maximum atomic E-state index is 10.4. The van der Waals surface area contributed by atoms with Gasteiger partial charge in [0.05, 0.1) is 6.10 Å². The summed E-state index contributed by atoms with van der Waals surface area (Å²) in [6.07, 6.45) is 0.698. The molecule has 0 fully saturated rings. The number of carboxylic acids is 1. The predicted molar refractivity (Wildman–Crippen MR) is 75.3 cm³/mol. The second-order valence-electron chi connectivity index (χ2n) is 5.02. The summed E-state index contributed by atoms with van der Waals surface area (Å²) < 4.78 is 0. The van der Waals surface area contributed by atoms with E-state index in [1.807, 2.05) is 24.1 Å². The van der Waals surface area contributed by atoms with Crippen molar-refractivity contribution < 1.29 is 15.0 Å². The average Bonchev–Trinajstić information content (AvgIpc) is 2.35. The van der Waals surface area contributed by atoms with Gasteiger partial charge in [0.2, 0.25) is 0 Å². The van der Waals surface area contributed by atoms with E-state index in [-0.39, 0.29) is 6.42 Å². The molecule has 0 saturated carbocycles. The van der Waals surface area contributed by atoms with Crippen molar-refractivity contribution in [1.82, 2.24) is 4.90 Å². The molecule has 1 atom stereocenters. The van der Waals surface area contributed by atoms with Crippen LogP contribution in [0.3, 0.4) is 0 Å². The number of likely N-dealkylation sites (N-methyl/N-ethyl adjacent to an activating group) is 1. The Morgan fingerprint density at radius 2 is 2.05 bits per heavy atom. The molecular formula is C15H23NO3. The van der Waals surface area contributed by atoms with Gasteiger partial charge in [-0.3, -0.25) is 4.79 Å². The molecule has 0 saturated heterocycles. The molecule has 0 aliphatic rings. The molecule has 0 amide bonds. The first-order valence-corrected chi connectivity index (χ1v) is 6.62. The number of carboxylic acid groups (broad SMARTS) is 1. The minimum absolute atomic E-state index is 0.0206. The van der Waals surface area contributed by atoms with Crippen LogP contribution >= 0.6 is 0 Å². The van der Waals surface area contributed by atoms with Gasteiger partial charge in [-0.2, -0.15) is 0 Å². The van der Waals surface area contributed by atoms with E-state index < -0.39 is 12.1 Å². The Labute approximate surface area is 114 Å². The maximum Gasteiger partial charge on any atom is 0.303 e. The Morgan fingerprint density at radius 3 is 2.68 bits per heavy atom. The van der Waals surface area contributed by atoms with E-state index in [2.05, 4.69) is 19.1 Å². The minimum atomic E-state index is -0.860. The molecule has 0 spiro atoms. The van der Waals surface area contributed by atoms with Gasteiger partial charge in [-0.05, 0) is 37.9 Å². The molecule has 1 aromatic carbocycles. The quantitative estimate of drug-likeness (QED) is 0.751. The topological polar surface area (TPSA) is 60.8 Å². The highest BCUT2D eigenvalue weighted by Gasteiger charge is 2.10. The van der Waals surface area contributed by atoms with Crippen LogP contribution in [-0.2, 0) is 11.2 Å². The normalized spacial score (nSPS) is 12.6. The Morgan fingerprint density at radius 1 is 1.37 bits per heavy atom. The van der Waals surface area contributed by atoms with E-state index in [0.717, 1.165) is 13.0 Å². The van der Waals surface area contributed by atoms with Crippen LogP contribution in [0.1, 0.15) is 24.0 Å². The molecule has 1 unspecified atom stereocenters. The Hall–Kier alpha value is -1.39. The van der Waals surface area contributed by atoms with Gasteiger partial charge >= 0.3 is 5.97 Å². The Balaban J connectivity index is 2.29. The van der Waals surface area contributed by atoms with Crippen molar-refractivity contribution in [3.8, 4) is 0 Å². The van der Waals surface area contributed by atoms with E-state index >= 15 is 0 Å². The van der Waals surface area contributed by atoms with Crippen molar-refractivity contribution in [1.29, 1.82) is 0 Å². The third-order valence-corrected chi connectivity index (χ3v) is 3.24. The van der Waals surface area contributed by atoms with Gasteiger partial charge in [0.1, 0.15) is 0 Å². The smallest absolute Gasteiger partial charge is 0.303 e. The highest BCUT2D eigenvalue weighted by Crippen LogP contribution is 2.08. The Kier molecular flexibility index (Phi) is 6.53. The third kappa shape index (κ3) is 6.36. The standard InChI is InChI=1S/C15H23NO3/c1-12-5-3-4-6-13(12)9-10-16(2)11-14(17)7-8-15(18)19/h3-6,14,17H,7-11H2,1-2H3,(H,18,19). The van der Waals surface area contributed by atoms with Crippen molar-refractivity contribution in [3.63, 3.8) is 0 Å². The van der Waals surface area contributed by atoms with Crippen LogP contribution in [0.5, 0.6) is 0 Å². The lowest BCUT2D eigenvalue weighted by molar-refractivity contribution is -0.137. The predicted octanol–water partition coefficient (Wildman–Crippen LogP) is 1.70. The first kappa shape index (κ1) is 15.7. The molecule has 0 heterocycles. The zero-order valence-electron chi connectivity index (χ0n) is 11.7. The number of aliphatic carboxylic acids is 1. The zero-order chi connectivity index (χ0) is 14.3. The van der Waals surface area contributed by atoms with E-state index in [9.17, 15) is 9.90 Å². The van der Waals surface area contributed by atoms with Crippen LogP contribution in [0.15, 0.2) is 24.3 Å². The minimum Gasteiger partial charge on any atom is -0.481 e. The first-order chi connectivity index (χ1) is 8.99. The molecule has 0 bridgehead atoms. The first-order valence-electron chi connectivity index (χ1n) is 6.62. The summed E-state index contributed by atoms with van der Waals surface area (Å²) in [6, 6.07) is 8.27. The Bertz CT molecular complexity index is 406. The summed E-state index contributed by atoms with van der Waals surface area (Å²) >= 11 is 0. The molecule has 19 heavy (non-hydrogen) atoms. The van der Waals surface area contributed by atoms with Crippen LogP contribution in [0.2, 0.25) is 0 Å². The molecule has 1 aromatic rings. The number of hydrogen-bond donors (Lipinski definition) is 2. The van der Waals surface area contributed by atoms with Crippen LogP contribution in [0.25, 0.3) is 0 Å². The van der Waals surface area contributed by atoms with Crippen molar-refractivity contribution in [2.75, 3.05) is 20.1 Å².